The number of aliphatic imine (C=N–C) groups is 1. The van der Waals surface area contributed by atoms with Crippen LogP contribution in [0.15, 0.2) is 83.9 Å². The fourth-order valence-corrected chi connectivity index (χ4v) is 7.99. The number of halogens is 3. The second-order valence-electron chi connectivity index (χ2n) is 14.2. The van der Waals surface area contributed by atoms with Gasteiger partial charge in [0.05, 0.1) is 18.2 Å². The molecule has 0 amide bonds. The molecule has 51 heavy (non-hydrogen) atoms. The van der Waals surface area contributed by atoms with Gasteiger partial charge in [-0.3, -0.25) is 10.4 Å². The summed E-state index contributed by atoms with van der Waals surface area (Å²) < 4.78 is 39.6. The lowest BCUT2D eigenvalue weighted by molar-refractivity contribution is -0.137. The average Bonchev–Trinajstić information content (AvgIpc) is 3.62. The number of alkyl halides is 3. The van der Waals surface area contributed by atoms with Crippen LogP contribution in [0.5, 0.6) is 0 Å². The molecule has 0 aromatic heterocycles. The Morgan fingerprint density at radius 1 is 0.745 bits per heavy atom. The molecule has 0 bridgehead atoms. The first-order valence-electron chi connectivity index (χ1n) is 18.2. The molecule has 3 N–H and O–H groups in total. The van der Waals surface area contributed by atoms with Gasteiger partial charge >= 0.3 is 6.18 Å². The van der Waals surface area contributed by atoms with Crippen molar-refractivity contribution in [3.05, 3.63) is 95.6 Å². The van der Waals surface area contributed by atoms with Crippen LogP contribution >= 0.6 is 27.0 Å². The second-order valence-corrected chi connectivity index (χ2v) is 14.2. The number of guanidine groups is 2. The van der Waals surface area contributed by atoms with E-state index in [1.807, 2.05) is 6.07 Å². The van der Waals surface area contributed by atoms with Crippen LogP contribution in [0.25, 0.3) is 11.1 Å². The fourth-order valence-electron chi connectivity index (χ4n) is 7.99. The largest absolute Gasteiger partial charge is 0.416 e. The van der Waals surface area contributed by atoms with Gasteiger partial charge in [0.15, 0.2) is 11.9 Å². The molecule has 3 aliphatic rings. The van der Waals surface area contributed by atoms with Crippen molar-refractivity contribution in [2.75, 3.05) is 32.7 Å². The summed E-state index contributed by atoms with van der Waals surface area (Å²) in [4.78, 5) is 11.2. The minimum Gasteiger partial charge on any atom is -0.370 e. The van der Waals surface area contributed by atoms with E-state index in [4.69, 9.17) is 5.73 Å². The first kappa shape index (κ1) is 40.5. The van der Waals surface area contributed by atoms with E-state index >= 15 is 0 Å². The van der Waals surface area contributed by atoms with Crippen LogP contribution in [0.1, 0.15) is 74.5 Å². The fraction of sp³-hybridized carbons (Fsp3) is 0.500. The number of unbranched alkanes of at least 4 members (excludes halogenated alkanes) is 1. The minimum absolute atomic E-state index is 0. The molecule has 1 aliphatic carbocycles. The van der Waals surface area contributed by atoms with Crippen molar-refractivity contribution in [2.45, 2.75) is 88.9 Å². The van der Waals surface area contributed by atoms with Crippen LogP contribution in [-0.2, 0) is 19.0 Å². The Balaban J connectivity index is 0.00000292. The zero-order chi connectivity index (χ0) is 34.2. The third kappa shape index (κ3) is 10.9. The molecular weight excluding hydrogens is 686 g/mol. The van der Waals surface area contributed by atoms with Crippen LogP contribution in [-0.4, -0.2) is 71.4 Å². The Hall–Kier alpha value is -3.31. The molecule has 2 fully saturated rings. The standard InChI is InChI=1S/C40H51F3N6.2H2S/c41-40(42,43)35-15-9-12-32(26-35)22-24-48-36(28-46-38(48)44)16-7-8-23-47-29-37(27-31-10-3-1-4-11-31)49(39(47)45)25-21-30-17-19-34(20-18-30)33-13-5-2-6-14-33;;/h2,5-6,9,12-15,17-20,26,31,36-37,45H,1,3-4,7-8,10-11,16,21-25,27-29H2,(H2,44,46);2*1H2/t36-,37-;;/m0../s1. The van der Waals surface area contributed by atoms with Crippen molar-refractivity contribution < 1.29 is 13.2 Å². The maximum absolute atomic E-state index is 13.2. The number of nitrogens with one attached hydrogen (secondary N) is 1. The number of benzene rings is 3. The van der Waals surface area contributed by atoms with E-state index in [1.165, 1.54) is 67.3 Å². The lowest BCUT2D eigenvalue weighted by atomic mass is 9.84. The highest BCUT2D eigenvalue weighted by Crippen LogP contribution is 2.32. The number of hydrogen-bond acceptors (Lipinski definition) is 4. The van der Waals surface area contributed by atoms with Crippen LogP contribution in [0.3, 0.4) is 0 Å². The van der Waals surface area contributed by atoms with Crippen LogP contribution in [0.2, 0.25) is 0 Å². The van der Waals surface area contributed by atoms with Crippen molar-refractivity contribution in [3.8, 4) is 11.1 Å². The summed E-state index contributed by atoms with van der Waals surface area (Å²) in [6, 6.07) is 25.5. The lowest BCUT2D eigenvalue weighted by Gasteiger charge is -2.30. The van der Waals surface area contributed by atoms with Gasteiger partial charge < -0.3 is 20.4 Å². The summed E-state index contributed by atoms with van der Waals surface area (Å²) in [6.07, 6.45) is 7.76. The van der Waals surface area contributed by atoms with E-state index in [1.54, 1.807) is 6.07 Å². The number of nitrogens with two attached hydrogens (primary N) is 1. The van der Waals surface area contributed by atoms with E-state index in [0.717, 1.165) is 57.3 Å². The third-order valence-corrected chi connectivity index (χ3v) is 10.8. The molecule has 1 saturated heterocycles. The van der Waals surface area contributed by atoms with Gasteiger partial charge in [0, 0.05) is 32.2 Å². The predicted octanol–water partition coefficient (Wildman–Crippen LogP) is 8.44. The maximum atomic E-state index is 13.2. The number of nitrogens with zero attached hydrogens (tertiary/aromatic N) is 4. The molecule has 2 heterocycles. The highest BCUT2D eigenvalue weighted by atomic mass is 32.1. The summed E-state index contributed by atoms with van der Waals surface area (Å²) >= 11 is 0. The van der Waals surface area contributed by atoms with Crippen LogP contribution < -0.4 is 5.73 Å². The SMILES string of the molecule is N=C1N(CCCC[C@H]2CN=C(N)N2CCc2cccc(C(F)(F)F)c2)C[C@H](CC2CCCCC2)N1CCc1ccc(-c2ccccc2)cc1.S.S. The second kappa shape index (κ2) is 19.0. The van der Waals surface area contributed by atoms with E-state index in [-0.39, 0.29) is 33.0 Å². The molecule has 3 aromatic carbocycles. The lowest BCUT2D eigenvalue weighted by Crippen LogP contribution is -2.42. The molecule has 3 aromatic rings. The average molecular weight is 741 g/mol. The first-order valence-corrected chi connectivity index (χ1v) is 18.2. The molecule has 1 saturated carbocycles. The number of rotatable bonds is 14. The molecule has 11 heteroatoms. The van der Waals surface area contributed by atoms with Crippen molar-refractivity contribution in [3.63, 3.8) is 0 Å². The highest BCUT2D eigenvalue weighted by Gasteiger charge is 2.36. The van der Waals surface area contributed by atoms with Gasteiger partial charge in [-0.2, -0.15) is 40.2 Å². The van der Waals surface area contributed by atoms with Crippen LogP contribution in [0.4, 0.5) is 13.2 Å². The molecule has 2 atom stereocenters. The Labute approximate surface area is 316 Å². The molecule has 0 unspecified atom stereocenters. The molecular formula is C40H55F3N6S2. The van der Waals surface area contributed by atoms with Crippen molar-refractivity contribution in [1.29, 1.82) is 5.41 Å². The summed E-state index contributed by atoms with van der Waals surface area (Å²) in [5, 5.41) is 9.21. The molecule has 278 valence electrons. The molecule has 0 spiro atoms. The zero-order valence-electron chi connectivity index (χ0n) is 29.6. The van der Waals surface area contributed by atoms with Crippen molar-refractivity contribution >= 4 is 38.9 Å². The highest BCUT2D eigenvalue weighted by molar-refractivity contribution is 7.59. The van der Waals surface area contributed by atoms with Gasteiger partial charge in [0.1, 0.15) is 0 Å². The van der Waals surface area contributed by atoms with Gasteiger partial charge in [-0.25, -0.2) is 0 Å². The topological polar surface area (TPSA) is 71.9 Å². The Kier molecular flexibility index (Phi) is 15.0. The van der Waals surface area contributed by atoms with Crippen LogP contribution in [0, 0.1) is 11.3 Å². The third-order valence-electron chi connectivity index (χ3n) is 10.8. The summed E-state index contributed by atoms with van der Waals surface area (Å²) in [7, 11) is 0. The van der Waals surface area contributed by atoms with Crippen molar-refractivity contribution in [2.24, 2.45) is 16.6 Å². The van der Waals surface area contributed by atoms with Gasteiger partial charge in [-0.15, -0.1) is 0 Å². The Morgan fingerprint density at radius 3 is 2.16 bits per heavy atom. The normalized spacial score (nSPS) is 19.5. The smallest absolute Gasteiger partial charge is 0.370 e. The summed E-state index contributed by atoms with van der Waals surface area (Å²) in [5.41, 5.74) is 10.0. The van der Waals surface area contributed by atoms with E-state index in [0.29, 0.717) is 43.0 Å². The monoisotopic (exact) mass is 740 g/mol. The Bertz CT molecular complexity index is 1550. The molecule has 0 radical (unpaired) electrons. The predicted molar refractivity (Wildman–Crippen MR) is 213 cm³/mol. The molecule has 6 rings (SSSR count). The van der Waals surface area contributed by atoms with E-state index in [9.17, 15) is 18.6 Å². The zero-order valence-corrected chi connectivity index (χ0v) is 31.6. The van der Waals surface area contributed by atoms with Gasteiger partial charge in [-0.05, 0) is 72.8 Å². The molecule has 2 aliphatic heterocycles. The molecule has 6 nitrogen and oxygen atoms in total. The van der Waals surface area contributed by atoms with Gasteiger partial charge in [0.25, 0.3) is 0 Å². The number of hydrogen-bond donors (Lipinski definition) is 2. The first-order chi connectivity index (χ1) is 23.7. The summed E-state index contributed by atoms with van der Waals surface area (Å²) in [6.45, 7) is 3.81. The minimum atomic E-state index is -4.35. The Morgan fingerprint density at radius 2 is 1.43 bits per heavy atom. The van der Waals surface area contributed by atoms with E-state index < -0.39 is 11.7 Å². The van der Waals surface area contributed by atoms with Crippen molar-refractivity contribution in [1.82, 2.24) is 14.7 Å². The van der Waals surface area contributed by atoms with Gasteiger partial charge in [-0.1, -0.05) is 105 Å². The summed E-state index contributed by atoms with van der Waals surface area (Å²) in [5.74, 6) is 1.90. The van der Waals surface area contributed by atoms with E-state index in [2.05, 4.69) is 68.2 Å². The maximum Gasteiger partial charge on any atom is 0.416 e. The quantitative estimate of drug-likeness (QED) is 0.163. The van der Waals surface area contributed by atoms with Gasteiger partial charge in [0.2, 0.25) is 0 Å².